The molecule has 210 valence electrons. The molecular formula is C35H32N4OPt-2. The molecular weight excluding hydrogens is 687 g/mol. The van der Waals surface area contributed by atoms with E-state index < -0.39 is 17.6 Å². The van der Waals surface area contributed by atoms with Gasteiger partial charge in [-0.05, 0) is 0 Å². The molecule has 4 heterocycles. The van der Waals surface area contributed by atoms with Crippen LogP contribution in [0.3, 0.4) is 0 Å². The number of para-hydroxylation sites is 4. The SMILES string of the molecule is CC(C)(C)c1cc2[c-]c(c1)Oc1[c-]c(ccc1)C(C)(C)N1[C]3=[Pt]=[C]4N(C2)c2ccccc2N4CN3c2ccccc21. The van der Waals surface area contributed by atoms with Crippen LogP contribution in [-0.2, 0) is 35.1 Å². The third-order valence-corrected chi connectivity index (χ3v) is 11.8. The maximum atomic E-state index is 6.55. The number of ether oxygens (including phenoxy) is 1. The molecule has 4 aliphatic heterocycles. The summed E-state index contributed by atoms with van der Waals surface area (Å²) in [6.45, 7) is 12.9. The van der Waals surface area contributed by atoms with Crippen LogP contribution in [0.5, 0.6) is 11.5 Å². The Balaban J connectivity index is 1.43. The second-order valence-electron chi connectivity index (χ2n) is 12.6. The van der Waals surface area contributed by atoms with Gasteiger partial charge in [0.1, 0.15) is 0 Å². The molecule has 0 saturated heterocycles. The van der Waals surface area contributed by atoms with E-state index in [1.54, 1.807) is 0 Å². The number of hydrogen-bond donors (Lipinski definition) is 0. The van der Waals surface area contributed by atoms with Crippen molar-refractivity contribution >= 4 is 31.0 Å². The predicted molar refractivity (Wildman–Crippen MR) is 164 cm³/mol. The van der Waals surface area contributed by atoms with Crippen LogP contribution in [0.15, 0.2) is 78.9 Å². The topological polar surface area (TPSA) is 22.2 Å². The number of anilines is 4. The van der Waals surface area contributed by atoms with Gasteiger partial charge in [0, 0.05) is 0 Å². The number of benzene rings is 4. The summed E-state index contributed by atoms with van der Waals surface area (Å²) in [4.78, 5) is 10.2. The van der Waals surface area contributed by atoms with Gasteiger partial charge in [0.15, 0.2) is 0 Å². The van der Waals surface area contributed by atoms with E-state index in [4.69, 9.17) is 4.74 Å². The van der Waals surface area contributed by atoms with E-state index in [1.807, 2.05) is 6.07 Å². The van der Waals surface area contributed by atoms with E-state index in [2.05, 4.69) is 139 Å². The minimum atomic E-state index is -0.566. The fourth-order valence-electron chi connectivity index (χ4n) is 6.17. The van der Waals surface area contributed by atoms with Gasteiger partial charge < -0.3 is 0 Å². The Morgan fingerprint density at radius 1 is 0.732 bits per heavy atom. The quantitative estimate of drug-likeness (QED) is 0.182. The summed E-state index contributed by atoms with van der Waals surface area (Å²) in [7, 11) is 0. The van der Waals surface area contributed by atoms with Crippen molar-refractivity contribution < 1.29 is 22.4 Å². The zero-order valence-corrected chi connectivity index (χ0v) is 26.2. The molecule has 0 amide bonds. The van der Waals surface area contributed by atoms with Crippen molar-refractivity contribution in [1.82, 2.24) is 0 Å². The van der Waals surface area contributed by atoms with Crippen molar-refractivity contribution in [2.45, 2.75) is 52.1 Å². The van der Waals surface area contributed by atoms with E-state index in [-0.39, 0.29) is 11.0 Å². The van der Waals surface area contributed by atoms with Crippen LogP contribution in [-0.4, -0.2) is 15.0 Å². The Labute approximate surface area is 250 Å². The zero-order chi connectivity index (χ0) is 28.1. The second-order valence-corrected chi connectivity index (χ2v) is 15.2. The Bertz CT molecular complexity index is 1810. The molecule has 5 nitrogen and oxygen atoms in total. The second kappa shape index (κ2) is 8.66. The first kappa shape index (κ1) is 25.1. The first-order valence-corrected chi connectivity index (χ1v) is 16.4. The third-order valence-electron chi connectivity index (χ3n) is 8.39. The molecule has 4 aromatic carbocycles. The summed E-state index contributed by atoms with van der Waals surface area (Å²) in [5, 5.41) is 0. The zero-order valence-electron chi connectivity index (χ0n) is 23.9. The number of fused-ring (bicyclic) bond motifs is 10. The maximum absolute atomic E-state index is 6.55. The summed E-state index contributed by atoms with van der Waals surface area (Å²) in [6, 6.07) is 35.8. The molecule has 4 aromatic rings. The third kappa shape index (κ3) is 3.78. The summed E-state index contributed by atoms with van der Waals surface area (Å²) in [5.74, 6) is 1.46. The molecule has 6 bridgehead atoms. The molecule has 0 spiro atoms. The van der Waals surface area contributed by atoms with E-state index in [1.165, 1.54) is 36.6 Å². The summed E-state index contributed by atoms with van der Waals surface area (Å²) in [6.07, 6.45) is 0. The molecule has 0 aromatic heterocycles. The van der Waals surface area contributed by atoms with Gasteiger partial charge >= 0.3 is 251 Å². The average molecular weight is 720 g/mol. The van der Waals surface area contributed by atoms with Gasteiger partial charge in [0.2, 0.25) is 0 Å². The normalized spacial score (nSPS) is 18.4. The Morgan fingerprint density at radius 3 is 2.12 bits per heavy atom. The van der Waals surface area contributed by atoms with E-state index in [0.717, 1.165) is 35.8 Å². The van der Waals surface area contributed by atoms with Crippen LogP contribution in [0.4, 0.5) is 22.7 Å². The van der Waals surface area contributed by atoms with E-state index in [0.29, 0.717) is 0 Å². The number of nitrogens with zero attached hydrogens (tertiary/aromatic N) is 4. The van der Waals surface area contributed by atoms with Gasteiger partial charge in [0.05, 0.1) is 0 Å². The molecule has 0 radical (unpaired) electrons. The van der Waals surface area contributed by atoms with Crippen molar-refractivity contribution in [2.24, 2.45) is 0 Å². The van der Waals surface area contributed by atoms with Crippen molar-refractivity contribution in [2.75, 3.05) is 26.3 Å². The summed E-state index contributed by atoms with van der Waals surface area (Å²) in [5.41, 5.74) is 8.20. The van der Waals surface area contributed by atoms with Crippen LogP contribution in [0, 0.1) is 12.1 Å². The van der Waals surface area contributed by atoms with Crippen LogP contribution in [0.1, 0.15) is 51.3 Å². The molecule has 0 atom stereocenters. The number of hydrogen-bond acceptors (Lipinski definition) is 5. The first-order valence-electron chi connectivity index (χ1n) is 14.1. The summed E-state index contributed by atoms with van der Waals surface area (Å²) >= 11 is -0.566. The monoisotopic (exact) mass is 719 g/mol. The van der Waals surface area contributed by atoms with E-state index >= 15 is 0 Å². The van der Waals surface area contributed by atoms with Gasteiger partial charge in [-0.25, -0.2) is 0 Å². The van der Waals surface area contributed by atoms with Gasteiger partial charge in [-0.2, -0.15) is 0 Å². The van der Waals surface area contributed by atoms with E-state index in [9.17, 15) is 0 Å². The van der Waals surface area contributed by atoms with Gasteiger partial charge in [-0.15, -0.1) is 0 Å². The standard InChI is InChI=1S/C35H32N4O.Pt/c1-34(2,3)27-17-25-18-29(20-27)40-28-12-10-11-26(19-28)35(4,5)39-24-38(32-15-8-9-16-33(32)39)23-37-22-36(21-25)30-13-6-7-14-31(30)37;/h6-17,20H,21,23H2,1-5H3;/q-2;. The Hall–Kier alpha value is -3.69. The molecule has 0 N–H and O–H groups in total. The minimum absolute atomic E-state index is 0.0205. The van der Waals surface area contributed by atoms with Crippen molar-refractivity contribution in [3.63, 3.8) is 0 Å². The van der Waals surface area contributed by atoms with Crippen molar-refractivity contribution in [1.29, 1.82) is 0 Å². The fraction of sp³-hybridized carbons (Fsp3) is 0.257. The molecule has 0 saturated carbocycles. The van der Waals surface area contributed by atoms with Crippen LogP contribution in [0.2, 0.25) is 0 Å². The van der Waals surface area contributed by atoms with Crippen molar-refractivity contribution in [3.8, 4) is 11.5 Å². The molecule has 4 aliphatic rings. The molecule has 0 fully saturated rings. The summed E-state index contributed by atoms with van der Waals surface area (Å²) < 4.78 is 9.37. The van der Waals surface area contributed by atoms with Crippen LogP contribution < -0.4 is 24.3 Å². The Morgan fingerprint density at radius 2 is 1.39 bits per heavy atom. The van der Waals surface area contributed by atoms with Crippen molar-refractivity contribution in [3.05, 3.63) is 108 Å². The van der Waals surface area contributed by atoms with Gasteiger partial charge in [-0.3, -0.25) is 0 Å². The first-order chi connectivity index (χ1) is 19.7. The number of rotatable bonds is 0. The molecule has 8 rings (SSSR count). The predicted octanol–water partition coefficient (Wildman–Crippen LogP) is 7.01. The molecule has 41 heavy (non-hydrogen) atoms. The Kier molecular flexibility index (Phi) is 5.29. The molecule has 6 heteroatoms. The molecule has 0 unspecified atom stereocenters. The molecule has 0 aliphatic carbocycles. The van der Waals surface area contributed by atoms with Gasteiger partial charge in [-0.1, -0.05) is 0 Å². The van der Waals surface area contributed by atoms with Gasteiger partial charge in [0.25, 0.3) is 0 Å². The van der Waals surface area contributed by atoms with Crippen LogP contribution in [0.25, 0.3) is 0 Å². The average Bonchev–Trinajstić information content (AvgIpc) is 3.44. The van der Waals surface area contributed by atoms with Crippen LogP contribution >= 0.6 is 0 Å². The fourth-order valence-corrected chi connectivity index (χ4v) is 10.0.